The Morgan fingerprint density at radius 1 is 1.04 bits per heavy atom. The van der Waals surface area contributed by atoms with Crippen molar-refractivity contribution in [3.8, 4) is 5.75 Å². The first-order valence-electron chi connectivity index (χ1n) is 6.91. The molecule has 6 heteroatoms. The second-order valence-electron chi connectivity index (χ2n) is 4.77. The Morgan fingerprint density at radius 2 is 1.65 bits per heavy atom. The Balaban J connectivity index is 1.93. The van der Waals surface area contributed by atoms with Gasteiger partial charge in [0.25, 0.3) is 5.91 Å². The molecule has 0 heterocycles. The first-order chi connectivity index (χ1) is 11.0. The Bertz CT molecular complexity index is 683. The molecular weight excluding hydrogens is 318 g/mol. The Kier molecular flexibility index (Phi) is 5.60. The Labute approximate surface area is 139 Å². The number of anilines is 1. The predicted octanol–water partition coefficient (Wildman–Crippen LogP) is 3.53. The highest BCUT2D eigenvalue weighted by Gasteiger charge is 2.19. The summed E-state index contributed by atoms with van der Waals surface area (Å²) in [5.41, 5.74) is 0.920. The fourth-order valence-electron chi connectivity index (χ4n) is 1.79. The summed E-state index contributed by atoms with van der Waals surface area (Å²) in [6.45, 7) is 1.51. The van der Waals surface area contributed by atoms with E-state index in [1.165, 1.54) is 6.92 Å². The summed E-state index contributed by atoms with van der Waals surface area (Å²) in [5.74, 6) is -0.318. The molecule has 2 aromatic carbocycles. The van der Waals surface area contributed by atoms with Crippen LogP contribution in [-0.4, -0.2) is 25.1 Å². The smallest absolute Gasteiger partial charge is 0.338 e. The minimum Gasteiger partial charge on any atom is -0.497 e. The molecule has 0 aromatic heterocycles. The number of methoxy groups -OCH3 is 1. The van der Waals surface area contributed by atoms with Crippen molar-refractivity contribution in [2.75, 3.05) is 12.4 Å². The normalized spacial score (nSPS) is 11.4. The Hall–Kier alpha value is -2.53. The van der Waals surface area contributed by atoms with Crippen LogP contribution in [0.2, 0.25) is 5.02 Å². The lowest BCUT2D eigenvalue weighted by molar-refractivity contribution is -0.123. The maximum absolute atomic E-state index is 12.0. The molecule has 0 aliphatic rings. The average Bonchev–Trinajstić information content (AvgIpc) is 2.56. The molecule has 2 aromatic rings. The number of amides is 1. The van der Waals surface area contributed by atoms with Crippen molar-refractivity contribution < 1.29 is 19.1 Å². The van der Waals surface area contributed by atoms with Gasteiger partial charge in [0, 0.05) is 10.7 Å². The molecule has 1 N–H and O–H groups in total. The average molecular weight is 334 g/mol. The highest BCUT2D eigenvalue weighted by atomic mass is 35.5. The van der Waals surface area contributed by atoms with E-state index in [0.29, 0.717) is 22.0 Å². The molecule has 1 unspecified atom stereocenters. The topological polar surface area (TPSA) is 64.6 Å². The molecular formula is C17H16ClNO4. The second kappa shape index (κ2) is 7.65. The number of rotatable bonds is 5. The van der Waals surface area contributed by atoms with Crippen molar-refractivity contribution >= 4 is 29.2 Å². The molecule has 0 saturated carbocycles. The number of halogens is 1. The zero-order valence-corrected chi connectivity index (χ0v) is 13.5. The summed E-state index contributed by atoms with van der Waals surface area (Å²) in [6, 6.07) is 13.1. The second-order valence-corrected chi connectivity index (χ2v) is 5.21. The van der Waals surface area contributed by atoms with Crippen LogP contribution in [0, 0.1) is 0 Å². The molecule has 5 nitrogen and oxygen atoms in total. The van der Waals surface area contributed by atoms with Crippen LogP contribution in [0.4, 0.5) is 5.69 Å². The molecule has 23 heavy (non-hydrogen) atoms. The van der Waals surface area contributed by atoms with Gasteiger partial charge in [-0.15, -0.1) is 0 Å². The molecule has 0 fully saturated rings. The van der Waals surface area contributed by atoms with Crippen molar-refractivity contribution in [1.82, 2.24) is 0 Å². The number of carbonyl (C=O) groups is 2. The lowest BCUT2D eigenvalue weighted by Crippen LogP contribution is -2.29. The number of carbonyl (C=O) groups excluding carboxylic acids is 2. The van der Waals surface area contributed by atoms with Crippen molar-refractivity contribution in [1.29, 1.82) is 0 Å². The summed E-state index contributed by atoms with van der Waals surface area (Å²) < 4.78 is 10.2. The number of hydrogen-bond acceptors (Lipinski definition) is 4. The molecule has 0 radical (unpaired) electrons. The highest BCUT2D eigenvalue weighted by molar-refractivity contribution is 6.30. The van der Waals surface area contributed by atoms with E-state index in [0.717, 1.165) is 0 Å². The third-order valence-electron chi connectivity index (χ3n) is 3.09. The summed E-state index contributed by atoms with van der Waals surface area (Å²) in [4.78, 5) is 24.0. The molecule has 2 rings (SSSR count). The SMILES string of the molecule is COc1ccc(NC(=O)C(C)OC(=O)c2ccc(Cl)cc2)cc1. The zero-order chi connectivity index (χ0) is 16.8. The van der Waals surface area contributed by atoms with Crippen LogP contribution in [0.5, 0.6) is 5.75 Å². The lowest BCUT2D eigenvalue weighted by Gasteiger charge is -2.13. The van der Waals surface area contributed by atoms with Gasteiger partial charge in [0.1, 0.15) is 5.75 Å². The van der Waals surface area contributed by atoms with Crippen molar-refractivity contribution in [2.45, 2.75) is 13.0 Å². The van der Waals surface area contributed by atoms with Gasteiger partial charge in [-0.3, -0.25) is 4.79 Å². The van der Waals surface area contributed by atoms with Crippen molar-refractivity contribution in [3.05, 3.63) is 59.1 Å². The van der Waals surface area contributed by atoms with Crippen LogP contribution in [0.15, 0.2) is 48.5 Å². The first kappa shape index (κ1) is 16.8. The standard InChI is InChI=1S/C17H16ClNO4/c1-11(23-17(21)12-3-5-13(18)6-4-12)16(20)19-14-7-9-15(22-2)10-8-14/h3-11H,1-2H3,(H,19,20). The number of esters is 1. The summed E-state index contributed by atoms with van der Waals surface area (Å²) in [6.07, 6.45) is -0.930. The van der Waals surface area contributed by atoms with Gasteiger partial charge in [-0.1, -0.05) is 11.6 Å². The molecule has 1 amide bonds. The van der Waals surface area contributed by atoms with Crippen molar-refractivity contribution in [2.24, 2.45) is 0 Å². The lowest BCUT2D eigenvalue weighted by atomic mass is 10.2. The monoisotopic (exact) mass is 333 g/mol. The maximum atomic E-state index is 12.0. The molecule has 0 saturated heterocycles. The van der Waals surface area contributed by atoms with Gasteiger partial charge >= 0.3 is 5.97 Å². The fraction of sp³-hybridized carbons (Fsp3) is 0.176. The number of benzene rings is 2. The predicted molar refractivity (Wildman–Crippen MR) is 88.0 cm³/mol. The van der Waals surface area contributed by atoms with E-state index in [1.54, 1.807) is 55.6 Å². The van der Waals surface area contributed by atoms with E-state index in [-0.39, 0.29) is 0 Å². The fourth-order valence-corrected chi connectivity index (χ4v) is 1.91. The third kappa shape index (κ3) is 4.72. The van der Waals surface area contributed by atoms with Gasteiger partial charge in [-0.05, 0) is 55.5 Å². The zero-order valence-electron chi connectivity index (χ0n) is 12.7. The van der Waals surface area contributed by atoms with Gasteiger partial charge < -0.3 is 14.8 Å². The largest absolute Gasteiger partial charge is 0.497 e. The van der Waals surface area contributed by atoms with E-state index >= 15 is 0 Å². The maximum Gasteiger partial charge on any atom is 0.338 e. The van der Waals surface area contributed by atoms with E-state index in [4.69, 9.17) is 21.1 Å². The quantitative estimate of drug-likeness (QED) is 0.850. The summed E-state index contributed by atoms with van der Waals surface area (Å²) >= 11 is 5.76. The molecule has 120 valence electrons. The summed E-state index contributed by atoms with van der Waals surface area (Å²) in [7, 11) is 1.56. The third-order valence-corrected chi connectivity index (χ3v) is 3.34. The van der Waals surface area contributed by atoms with Crippen LogP contribution >= 0.6 is 11.6 Å². The van der Waals surface area contributed by atoms with E-state index in [2.05, 4.69) is 5.32 Å². The van der Waals surface area contributed by atoms with Gasteiger partial charge in [0.15, 0.2) is 6.10 Å². The summed E-state index contributed by atoms with van der Waals surface area (Å²) in [5, 5.41) is 3.19. The van der Waals surface area contributed by atoms with Crippen LogP contribution in [0.1, 0.15) is 17.3 Å². The number of ether oxygens (including phenoxy) is 2. The van der Waals surface area contributed by atoms with Crippen LogP contribution in [0.25, 0.3) is 0 Å². The molecule has 1 atom stereocenters. The van der Waals surface area contributed by atoms with Gasteiger partial charge in [0.2, 0.25) is 0 Å². The molecule has 0 aliphatic heterocycles. The molecule has 0 bridgehead atoms. The Morgan fingerprint density at radius 3 is 2.22 bits per heavy atom. The minimum atomic E-state index is -0.930. The van der Waals surface area contributed by atoms with Crippen LogP contribution in [-0.2, 0) is 9.53 Å². The number of hydrogen-bond donors (Lipinski definition) is 1. The van der Waals surface area contributed by atoms with E-state index in [1.807, 2.05) is 0 Å². The molecule has 0 spiro atoms. The van der Waals surface area contributed by atoms with Crippen LogP contribution < -0.4 is 10.1 Å². The highest BCUT2D eigenvalue weighted by Crippen LogP contribution is 2.16. The van der Waals surface area contributed by atoms with Gasteiger partial charge in [-0.2, -0.15) is 0 Å². The van der Waals surface area contributed by atoms with Gasteiger partial charge in [0.05, 0.1) is 12.7 Å². The van der Waals surface area contributed by atoms with Crippen LogP contribution in [0.3, 0.4) is 0 Å². The van der Waals surface area contributed by atoms with Gasteiger partial charge in [-0.25, -0.2) is 4.79 Å². The first-order valence-corrected chi connectivity index (χ1v) is 7.29. The van der Waals surface area contributed by atoms with E-state index < -0.39 is 18.0 Å². The number of nitrogens with one attached hydrogen (secondary N) is 1. The van der Waals surface area contributed by atoms with E-state index in [9.17, 15) is 9.59 Å². The van der Waals surface area contributed by atoms with Crippen molar-refractivity contribution in [3.63, 3.8) is 0 Å². The minimum absolute atomic E-state index is 0.332. The molecule has 0 aliphatic carbocycles.